The molecule has 126 valence electrons. The monoisotopic (exact) mass is 321 g/mol. The zero-order chi connectivity index (χ0) is 16.7. The summed E-state index contributed by atoms with van der Waals surface area (Å²) in [6.07, 6.45) is 3.45. The van der Waals surface area contributed by atoms with Gasteiger partial charge in [0.15, 0.2) is 0 Å². The molecule has 1 aromatic carbocycles. The zero-order valence-electron chi connectivity index (χ0n) is 13.3. The maximum Gasteiger partial charge on any atom is 0.326 e. The Labute approximate surface area is 135 Å². The van der Waals surface area contributed by atoms with Gasteiger partial charge in [-0.15, -0.1) is 0 Å². The number of carboxylic acids is 1. The van der Waals surface area contributed by atoms with Crippen LogP contribution in [0.15, 0.2) is 24.3 Å². The van der Waals surface area contributed by atoms with Crippen LogP contribution in [0.4, 0.5) is 0 Å². The molecule has 0 bridgehead atoms. The minimum Gasteiger partial charge on any atom is -0.497 e. The molecule has 1 aromatic rings. The number of ether oxygens (including phenoxy) is 2. The van der Waals surface area contributed by atoms with Crippen LogP contribution in [0, 0.1) is 5.92 Å². The smallest absolute Gasteiger partial charge is 0.326 e. The van der Waals surface area contributed by atoms with Crippen molar-refractivity contribution in [3.05, 3.63) is 24.3 Å². The van der Waals surface area contributed by atoms with Crippen LogP contribution in [-0.4, -0.2) is 36.7 Å². The lowest BCUT2D eigenvalue weighted by atomic mass is 10.1. The molecule has 0 heterocycles. The lowest BCUT2D eigenvalue weighted by molar-refractivity contribution is -0.142. The van der Waals surface area contributed by atoms with Gasteiger partial charge in [0.2, 0.25) is 5.91 Å². The number of benzene rings is 1. The van der Waals surface area contributed by atoms with Gasteiger partial charge in [-0.05, 0) is 43.0 Å². The number of hydrogen-bond donors (Lipinski definition) is 2. The molecule has 0 spiro atoms. The van der Waals surface area contributed by atoms with E-state index >= 15 is 0 Å². The number of amides is 1. The first-order valence-corrected chi connectivity index (χ1v) is 7.87. The normalized spacial score (nSPS) is 14.8. The van der Waals surface area contributed by atoms with Crippen molar-refractivity contribution in [1.29, 1.82) is 0 Å². The van der Waals surface area contributed by atoms with Crippen LogP contribution in [-0.2, 0) is 9.59 Å². The Morgan fingerprint density at radius 1 is 1.26 bits per heavy atom. The molecule has 23 heavy (non-hydrogen) atoms. The summed E-state index contributed by atoms with van der Waals surface area (Å²) in [5.41, 5.74) is 0. The first kappa shape index (κ1) is 17.1. The summed E-state index contributed by atoms with van der Waals surface area (Å²) < 4.78 is 10.6. The summed E-state index contributed by atoms with van der Waals surface area (Å²) in [6, 6.07) is 6.44. The molecule has 0 aromatic heterocycles. The molecule has 1 amide bonds. The van der Waals surface area contributed by atoms with Gasteiger partial charge in [0, 0.05) is 6.42 Å². The van der Waals surface area contributed by atoms with Crippen LogP contribution in [0.3, 0.4) is 0 Å². The van der Waals surface area contributed by atoms with Crippen molar-refractivity contribution in [3.63, 3.8) is 0 Å². The molecule has 2 rings (SSSR count). The fourth-order valence-electron chi connectivity index (χ4n) is 2.27. The van der Waals surface area contributed by atoms with Crippen LogP contribution in [0.1, 0.15) is 32.1 Å². The van der Waals surface area contributed by atoms with E-state index < -0.39 is 12.0 Å². The van der Waals surface area contributed by atoms with Gasteiger partial charge in [0.1, 0.15) is 17.5 Å². The highest BCUT2D eigenvalue weighted by molar-refractivity contribution is 5.83. The van der Waals surface area contributed by atoms with E-state index in [0.717, 1.165) is 18.6 Å². The van der Waals surface area contributed by atoms with Crippen molar-refractivity contribution in [3.8, 4) is 11.5 Å². The second-order valence-corrected chi connectivity index (χ2v) is 5.76. The number of carbonyl (C=O) groups is 2. The topological polar surface area (TPSA) is 84.9 Å². The number of methoxy groups -OCH3 is 1. The van der Waals surface area contributed by atoms with Crippen LogP contribution in [0.5, 0.6) is 11.5 Å². The highest BCUT2D eigenvalue weighted by atomic mass is 16.5. The Kier molecular flexibility index (Phi) is 6.26. The Hall–Kier alpha value is -2.24. The van der Waals surface area contributed by atoms with Crippen molar-refractivity contribution < 1.29 is 24.2 Å². The summed E-state index contributed by atoms with van der Waals surface area (Å²) in [5.74, 6) is 0.723. The molecular formula is C17H23NO5. The number of hydrogen-bond acceptors (Lipinski definition) is 4. The summed E-state index contributed by atoms with van der Waals surface area (Å²) in [6.45, 7) is 0.403. The maximum atomic E-state index is 11.8. The predicted molar refractivity (Wildman–Crippen MR) is 84.6 cm³/mol. The fraction of sp³-hybridized carbons (Fsp3) is 0.529. The van der Waals surface area contributed by atoms with Crippen LogP contribution < -0.4 is 14.8 Å². The molecule has 1 saturated carbocycles. The Morgan fingerprint density at radius 3 is 2.48 bits per heavy atom. The molecule has 1 aliphatic carbocycles. The standard InChI is InChI=1S/C17H23NO5/c1-22-13-6-8-14(9-7-13)23-10-2-3-16(19)18-15(17(20)21)11-12-4-5-12/h6-9,12,15H,2-5,10-11H2,1H3,(H,18,19)(H,20,21). The molecule has 0 aliphatic heterocycles. The van der Waals surface area contributed by atoms with Gasteiger partial charge in [-0.3, -0.25) is 4.79 Å². The molecule has 0 radical (unpaired) electrons. The Morgan fingerprint density at radius 2 is 1.91 bits per heavy atom. The van der Waals surface area contributed by atoms with Crippen LogP contribution >= 0.6 is 0 Å². The van der Waals surface area contributed by atoms with Gasteiger partial charge in [-0.2, -0.15) is 0 Å². The van der Waals surface area contributed by atoms with E-state index in [2.05, 4.69) is 5.32 Å². The number of nitrogens with one attached hydrogen (secondary N) is 1. The van der Waals surface area contributed by atoms with Crippen molar-refractivity contribution in [1.82, 2.24) is 5.32 Å². The number of carboxylic acid groups (broad SMARTS) is 1. The summed E-state index contributed by atoms with van der Waals surface area (Å²) in [5, 5.41) is 11.7. The Balaban J connectivity index is 1.64. The lowest BCUT2D eigenvalue weighted by Gasteiger charge is -2.14. The van der Waals surface area contributed by atoms with E-state index in [1.54, 1.807) is 31.4 Å². The summed E-state index contributed by atoms with van der Waals surface area (Å²) in [4.78, 5) is 22.9. The molecule has 1 fully saturated rings. The SMILES string of the molecule is COc1ccc(OCCCC(=O)NC(CC2CC2)C(=O)O)cc1. The third-order valence-corrected chi connectivity index (χ3v) is 3.78. The maximum absolute atomic E-state index is 11.8. The molecule has 2 N–H and O–H groups in total. The molecular weight excluding hydrogens is 298 g/mol. The molecule has 1 unspecified atom stereocenters. The van der Waals surface area contributed by atoms with Crippen molar-refractivity contribution in [2.75, 3.05) is 13.7 Å². The number of rotatable bonds is 10. The van der Waals surface area contributed by atoms with Crippen molar-refractivity contribution in [2.45, 2.75) is 38.1 Å². The summed E-state index contributed by atoms with van der Waals surface area (Å²) >= 11 is 0. The second kappa shape index (κ2) is 8.41. The molecule has 1 atom stereocenters. The van der Waals surface area contributed by atoms with E-state index in [9.17, 15) is 9.59 Å². The van der Waals surface area contributed by atoms with Crippen molar-refractivity contribution >= 4 is 11.9 Å². The first-order valence-electron chi connectivity index (χ1n) is 7.87. The highest BCUT2D eigenvalue weighted by Gasteiger charge is 2.29. The first-order chi connectivity index (χ1) is 11.1. The fourth-order valence-corrected chi connectivity index (χ4v) is 2.27. The predicted octanol–water partition coefficient (Wildman–Crippen LogP) is 2.22. The third kappa shape index (κ3) is 6.18. The zero-order valence-corrected chi connectivity index (χ0v) is 13.3. The van der Waals surface area contributed by atoms with E-state index in [1.807, 2.05) is 0 Å². The second-order valence-electron chi connectivity index (χ2n) is 5.76. The van der Waals surface area contributed by atoms with Gasteiger partial charge in [0.05, 0.1) is 13.7 Å². The molecule has 0 saturated heterocycles. The van der Waals surface area contributed by atoms with E-state index in [0.29, 0.717) is 31.1 Å². The molecule has 6 nitrogen and oxygen atoms in total. The van der Waals surface area contributed by atoms with Gasteiger partial charge in [0.25, 0.3) is 0 Å². The average molecular weight is 321 g/mol. The van der Waals surface area contributed by atoms with Gasteiger partial charge in [-0.25, -0.2) is 4.79 Å². The average Bonchev–Trinajstić information content (AvgIpc) is 3.35. The highest BCUT2D eigenvalue weighted by Crippen LogP contribution is 2.33. The minimum atomic E-state index is -0.959. The quantitative estimate of drug-likeness (QED) is 0.646. The summed E-state index contributed by atoms with van der Waals surface area (Å²) in [7, 11) is 1.60. The van der Waals surface area contributed by atoms with Gasteiger partial charge < -0.3 is 19.9 Å². The van der Waals surface area contributed by atoms with Crippen LogP contribution in [0.2, 0.25) is 0 Å². The number of aliphatic carboxylic acids is 1. The number of carbonyl (C=O) groups excluding carboxylic acids is 1. The lowest BCUT2D eigenvalue weighted by Crippen LogP contribution is -2.41. The molecule has 6 heteroatoms. The molecule has 1 aliphatic rings. The van der Waals surface area contributed by atoms with E-state index in [-0.39, 0.29) is 12.3 Å². The third-order valence-electron chi connectivity index (χ3n) is 3.78. The largest absolute Gasteiger partial charge is 0.497 e. The van der Waals surface area contributed by atoms with E-state index in [1.165, 1.54) is 0 Å². The van der Waals surface area contributed by atoms with Gasteiger partial charge >= 0.3 is 5.97 Å². The Bertz CT molecular complexity index is 524. The minimum absolute atomic E-state index is 0.239. The van der Waals surface area contributed by atoms with Crippen LogP contribution in [0.25, 0.3) is 0 Å². The van der Waals surface area contributed by atoms with E-state index in [4.69, 9.17) is 14.6 Å². The van der Waals surface area contributed by atoms with Gasteiger partial charge in [-0.1, -0.05) is 12.8 Å². The van der Waals surface area contributed by atoms with Crippen molar-refractivity contribution in [2.24, 2.45) is 5.92 Å².